The maximum Gasteiger partial charge on any atom is 0.251 e. The van der Waals surface area contributed by atoms with E-state index in [1.807, 2.05) is 57.2 Å². The zero-order valence-corrected chi connectivity index (χ0v) is 23.2. The predicted octanol–water partition coefficient (Wildman–Crippen LogP) is 3.37. The fraction of sp³-hybridized carbons (Fsp3) is 0.536. The topological polar surface area (TPSA) is 81.2 Å². The summed E-state index contributed by atoms with van der Waals surface area (Å²) >= 11 is 8.07. The first-order chi connectivity index (χ1) is 17.6. The van der Waals surface area contributed by atoms with Crippen LogP contribution >= 0.6 is 23.4 Å². The minimum atomic E-state index is -0.952. The van der Waals surface area contributed by atoms with Crippen LogP contribution < -0.4 is 4.90 Å². The normalized spacial score (nSPS) is 34.0. The molecule has 5 rings (SSSR count). The smallest absolute Gasteiger partial charge is 0.251 e. The number of anilines is 1. The number of hydrogen-bond acceptors (Lipinski definition) is 5. The Hall–Kier alpha value is -2.29. The van der Waals surface area contributed by atoms with Gasteiger partial charge >= 0.3 is 0 Å². The molecule has 9 heteroatoms. The van der Waals surface area contributed by atoms with E-state index in [1.165, 1.54) is 0 Å². The van der Waals surface area contributed by atoms with E-state index < -0.39 is 33.4 Å². The van der Waals surface area contributed by atoms with Crippen molar-refractivity contribution in [3.05, 3.63) is 53.6 Å². The Balaban J connectivity index is 1.70. The van der Waals surface area contributed by atoms with Crippen molar-refractivity contribution < 1.29 is 19.5 Å². The van der Waals surface area contributed by atoms with Crippen molar-refractivity contribution in [2.45, 2.75) is 48.8 Å². The third-order valence-corrected chi connectivity index (χ3v) is 10.3. The molecule has 7 nitrogen and oxygen atoms in total. The van der Waals surface area contributed by atoms with Gasteiger partial charge in [-0.15, -0.1) is 11.8 Å². The second-order valence-electron chi connectivity index (χ2n) is 11.1. The molecule has 1 unspecified atom stereocenters. The fourth-order valence-corrected chi connectivity index (χ4v) is 9.06. The molecule has 198 valence electrons. The van der Waals surface area contributed by atoms with Crippen LogP contribution in [0.15, 0.2) is 48.6 Å². The highest BCUT2D eigenvalue weighted by atomic mass is 35.5. The summed E-state index contributed by atoms with van der Waals surface area (Å²) in [7, 11) is 1.76. The third kappa shape index (κ3) is 3.94. The zero-order valence-electron chi connectivity index (χ0n) is 21.6. The summed E-state index contributed by atoms with van der Waals surface area (Å²) in [5.41, 5.74) is 0.579. The molecule has 4 aliphatic rings. The van der Waals surface area contributed by atoms with E-state index in [4.69, 9.17) is 11.6 Å². The van der Waals surface area contributed by atoms with Gasteiger partial charge in [0.2, 0.25) is 11.8 Å². The van der Waals surface area contributed by atoms with Gasteiger partial charge in [0.15, 0.2) is 0 Å². The first-order valence-corrected chi connectivity index (χ1v) is 14.0. The first kappa shape index (κ1) is 26.3. The van der Waals surface area contributed by atoms with Crippen molar-refractivity contribution in [2.75, 3.05) is 31.6 Å². The predicted molar refractivity (Wildman–Crippen MR) is 146 cm³/mol. The van der Waals surface area contributed by atoms with Gasteiger partial charge in [0, 0.05) is 24.9 Å². The number of aliphatic hydroxyl groups is 1. The quantitative estimate of drug-likeness (QED) is 0.576. The van der Waals surface area contributed by atoms with Crippen molar-refractivity contribution in [1.82, 2.24) is 9.80 Å². The molecule has 0 saturated carbocycles. The second-order valence-corrected chi connectivity index (χ2v) is 13.3. The lowest BCUT2D eigenvalue weighted by Gasteiger charge is -2.40. The molecule has 0 aliphatic carbocycles. The van der Waals surface area contributed by atoms with Gasteiger partial charge in [-0.1, -0.05) is 61.9 Å². The molecule has 6 atom stereocenters. The van der Waals surface area contributed by atoms with E-state index in [0.717, 1.165) is 0 Å². The number of carbonyl (C=O) groups is 3. The number of likely N-dealkylation sites (N-methyl/N-ethyl adjacent to an activating group) is 1. The van der Waals surface area contributed by atoms with Crippen molar-refractivity contribution >= 4 is 46.8 Å². The summed E-state index contributed by atoms with van der Waals surface area (Å²) in [4.78, 5) is 47.6. The molecule has 1 N–H and O–H groups in total. The van der Waals surface area contributed by atoms with Crippen molar-refractivity contribution in [2.24, 2.45) is 17.8 Å². The summed E-state index contributed by atoms with van der Waals surface area (Å²) in [6, 6.07) is 5.77. The van der Waals surface area contributed by atoms with Crippen molar-refractivity contribution in [3.8, 4) is 0 Å². The lowest BCUT2D eigenvalue weighted by atomic mass is 9.74. The minimum Gasteiger partial charge on any atom is -0.394 e. The Morgan fingerprint density at radius 2 is 1.76 bits per heavy atom. The summed E-state index contributed by atoms with van der Waals surface area (Å²) in [5.74, 6) is -1.71. The number of rotatable bonds is 5. The largest absolute Gasteiger partial charge is 0.394 e. The highest BCUT2D eigenvalue weighted by Crippen LogP contribution is 2.66. The van der Waals surface area contributed by atoms with E-state index in [-0.39, 0.29) is 30.2 Å². The molecule has 1 aromatic rings. The molecule has 2 saturated heterocycles. The fourth-order valence-electron chi connectivity index (χ4n) is 6.68. The Bertz CT molecular complexity index is 1190. The van der Waals surface area contributed by atoms with Gasteiger partial charge in [-0.2, -0.15) is 0 Å². The van der Waals surface area contributed by atoms with Crippen LogP contribution in [0.4, 0.5) is 5.69 Å². The van der Waals surface area contributed by atoms with Crippen LogP contribution in [0, 0.1) is 17.8 Å². The molecule has 4 heterocycles. The van der Waals surface area contributed by atoms with Gasteiger partial charge in [0.1, 0.15) is 6.04 Å². The number of hydrogen-bond donors (Lipinski definition) is 1. The third-order valence-electron chi connectivity index (χ3n) is 8.19. The average Bonchev–Trinajstić information content (AvgIpc) is 3.13. The number of halogens is 1. The zero-order chi connectivity index (χ0) is 26.7. The highest BCUT2D eigenvalue weighted by molar-refractivity contribution is 8.02. The highest BCUT2D eigenvalue weighted by Gasteiger charge is 2.74. The van der Waals surface area contributed by atoms with Crippen molar-refractivity contribution in [3.63, 3.8) is 0 Å². The van der Waals surface area contributed by atoms with Crippen LogP contribution in [0.2, 0.25) is 5.02 Å². The van der Waals surface area contributed by atoms with Crippen LogP contribution in [0.5, 0.6) is 0 Å². The molecule has 0 radical (unpaired) electrons. The van der Waals surface area contributed by atoms with Crippen molar-refractivity contribution in [1.29, 1.82) is 0 Å². The molecule has 1 aromatic carbocycles. The van der Waals surface area contributed by atoms with Gasteiger partial charge in [-0.05, 0) is 31.4 Å². The number of thioether (sulfide) groups is 1. The van der Waals surface area contributed by atoms with E-state index >= 15 is 0 Å². The number of carbonyl (C=O) groups excluding carboxylic acids is 3. The van der Waals surface area contributed by atoms with Crippen LogP contribution in [-0.2, 0) is 14.4 Å². The first-order valence-electron chi connectivity index (χ1n) is 12.8. The monoisotopic (exact) mass is 543 g/mol. The molecule has 0 bridgehead atoms. The van der Waals surface area contributed by atoms with Crippen LogP contribution in [0.3, 0.4) is 0 Å². The van der Waals surface area contributed by atoms with Crippen LogP contribution in [0.1, 0.15) is 27.2 Å². The number of likely N-dealkylation sites (tertiary alicyclic amines) is 1. The Labute approximate surface area is 227 Å². The molecule has 0 aromatic heterocycles. The summed E-state index contributed by atoms with van der Waals surface area (Å²) in [5, 5.41) is 10.9. The minimum absolute atomic E-state index is 0.0895. The standard InChI is InChI=1S/C28H34ClN3O4S/c1-17(2)15-18(16-33)32-23-26(36)31(20-10-6-5-9-19(20)29)14-8-12-28(23)22(25(32)35)21-24(34)30(4)13-7-11-27(21,3)37-28/h5-12,17-18,21-23,33H,13-16H2,1-4H3/t18-,21-,22+,23?,27+,28+/m1/s1. The SMILES string of the molecule is CC(C)C[C@H](CO)N1C(=O)[C@@H]2[C@@H]3C(=O)N(C)CC=C[C@]3(C)S[C@@]23C=CCN(c2ccccc2Cl)C(=O)C13. The summed E-state index contributed by atoms with van der Waals surface area (Å²) < 4.78 is -1.60. The van der Waals surface area contributed by atoms with Crippen LogP contribution in [0.25, 0.3) is 0 Å². The molecule has 4 aliphatic heterocycles. The van der Waals surface area contributed by atoms with Gasteiger partial charge < -0.3 is 19.8 Å². The summed E-state index contributed by atoms with van der Waals surface area (Å²) in [6.07, 6.45) is 8.49. The Morgan fingerprint density at radius 3 is 2.43 bits per heavy atom. The summed E-state index contributed by atoms with van der Waals surface area (Å²) in [6.45, 7) is 6.59. The lowest BCUT2D eigenvalue weighted by Crippen LogP contribution is -2.57. The number of nitrogens with zero attached hydrogens (tertiary/aromatic N) is 3. The number of amides is 3. The maximum atomic E-state index is 14.5. The number of benzene rings is 1. The van der Waals surface area contributed by atoms with E-state index in [2.05, 4.69) is 0 Å². The number of fused-ring (bicyclic) bond motifs is 2. The molecule has 2 fully saturated rings. The number of aliphatic hydroxyl groups excluding tert-OH is 1. The molecule has 1 spiro atoms. The lowest BCUT2D eigenvalue weighted by molar-refractivity contribution is -0.145. The van der Waals surface area contributed by atoms with E-state index in [9.17, 15) is 19.5 Å². The molecular formula is C28H34ClN3O4S. The second kappa shape index (κ2) is 9.47. The van der Waals surface area contributed by atoms with E-state index in [1.54, 1.807) is 45.6 Å². The number of para-hydroxylation sites is 1. The molecular weight excluding hydrogens is 510 g/mol. The van der Waals surface area contributed by atoms with Gasteiger partial charge in [0.25, 0.3) is 5.91 Å². The van der Waals surface area contributed by atoms with Gasteiger partial charge in [-0.3, -0.25) is 14.4 Å². The van der Waals surface area contributed by atoms with E-state index in [0.29, 0.717) is 30.2 Å². The Morgan fingerprint density at radius 1 is 1.05 bits per heavy atom. The Kier molecular flexibility index (Phi) is 6.74. The van der Waals surface area contributed by atoms with Gasteiger partial charge in [-0.25, -0.2) is 0 Å². The van der Waals surface area contributed by atoms with Gasteiger partial charge in [0.05, 0.1) is 39.9 Å². The molecule has 3 amide bonds. The molecule has 37 heavy (non-hydrogen) atoms. The van der Waals surface area contributed by atoms with Crippen LogP contribution in [-0.4, -0.2) is 80.9 Å². The maximum absolute atomic E-state index is 14.5. The average molecular weight is 544 g/mol.